The summed E-state index contributed by atoms with van der Waals surface area (Å²) < 4.78 is 5.21. The zero-order valence-corrected chi connectivity index (χ0v) is 12.4. The van der Waals surface area contributed by atoms with Crippen molar-refractivity contribution in [3.8, 4) is 5.75 Å². The average Bonchev–Trinajstić information content (AvgIpc) is 2.56. The molecule has 116 valence electrons. The number of carbonyl (C=O) groups is 1. The molecular weight excluding hydrogens is 282 g/mol. The molecule has 0 fully saturated rings. The fourth-order valence-corrected chi connectivity index (χ4v) is 2.03. The number of para-hydroxylation sites is 2. The van der Waals surface area contributed by atoms with E-state index in [2.05, 4.69) is 10.3 Å². The van der Waals surface area contributed by atoms with Gasteiger partial charge >= 0.3 is 6.03 Å². The molecule has 1 heterocycles. The minimum absolute atomic E-state index is 0.112. The van der Waals surface area contributed by atoms with Gasteiger partial charge in [-0.1, -0.05) is 18.2 Å². The average molecular weight is 301 g/mol. The first-order valence-electron chi connectivity index (χ1n) is 6.93. The van der Waals surface area contributed by atoms with Crippen LogP contribution in [0.1, 0.15) is 5.56 Å². The van der Waals surface area contributed by atoms with Gasteiger partial charge in [0.2, 0.25) is 0 Å². The van der Waals surface area contributed by atoms with Crippen LogP contribution in [0.3, 0.4) is 0 Å². The molecule has 1 aromatic heterocycles. The second-order valence-corrected chi connectivity index (χ2v) is 4.64. The highest BCUT2D eigenvalue weighted by atomic mass is 16.5. The predicted molar refractivity (Wildman–Crippen MR) is 83.7 cm³/mol. The first kappa shape index (κ1) is 15.8. The Kier molecular flexibility index (Phi) is 5.73. The van der Waals surface area contributed by atoms with Gasteiger partial charge < -0.3 is 20.1 Å². The SMILES string of the molecule is COc1ccccc1NC(=O)N(CCO)Cc1cccnc1. The molecule has 0 aliphatic rings. The number of methoxy groups -OCH3 is 1. The summed E-state index contributed by atoms with van der Waals surface area (Å²) in [7, 11) is 1.55. The van der Waals surface area contributed by atoms with Crippen LogP contribution >= 0.6 is 0 Å². The largest absolute Gasteiger partial charge is 0.495 e. The van der Waals surface area contributed by atoms with Crippen molar-refractivity contribution < 1.29 is 14.6 Å². The number of urea groups is 1. The molecule has 1 aromatic carbocycles. The molecule has 0 radical (unpaired) electrons. The number of pyridine rings is 1. The standard InChI is InChI=1S/C16H19N3O3/c1-22-15-7-3-2-6-14(15)18-16(21)19(9-10-20)12-13-5-4-8-17-11-13/h2-8,11,20H,9-10,12H2,1H3,(H,18,21). The molecule has 0 unspecified atom stereocenters. The van der Waals surface area contributed by atoms with Crippen molar-refractivity contribution in [3.05, 3.63) is 54.4 Å². The zero-order valence-electron chi connectivity index (χ0n) is 12.4. The van der Waals surface area contributed by atoms with Gasteiger partial charge in [-0.25, -0.2) is 4.79 Å². The van der Waals surface area contributed by atoms with E-state index in [0.717, 1.165) is 5.56 Å². The highest BCUT2D eigenvalue weighted by Gasteiger charge is 2.15. The van der Waals surface area contributed by atoms with Crippen LogP contribution in [0.25, 0.3) is 0 Å². The summed E-state index contributed by atoms with van der Waals surface area (Å²) >= 11 is 0. The van der Waals surface area contributed by atoms with Crippen molar-refractivity contribution in [3.63, 3.8) is 0 Å². The van der Waals surface area contributed by atoms with Crippen LogP contribution in [0.5, 0.6) is 5.75 Å². The molecule has 2 aromatic rings. The Labute approximate surface area is 129 Å². The number of anilines is 1. The molecule has 0 saturated carbocycles. The van der Waals surface area contributed by atoms with Crippen molar-refractivity contribution in [1.82, 2.24) is 9.88 Å². The third-order valence-electron chi connectivity index (χ3n) is 3.10. The maximum absolute atomic E-state index is 12.4. The third-order valence-corrected chi connectivity index (χ3v) is 3.10. The van der Waals surface area contributed by atoms with E-state index >= 15 is 0 Å². The molecule has 2 N–H and O–H groups in total. The number of rotatable bonds is 6. The van der Waals surface area contributed by atoms with E-state index in [1.807, 2.05) is 24.3 Å². The van der Waals surface area contributed by atoms with Gasteiger partial charge in [0, 0.05) is 25.5 Å². The number of hydrogen-bond acceptors (Lipinski definition) is 4. The molecule has 0 aliphatic carbocycles. The lowest BCUT2D eigenvalue weighted by Crippen LogP contribution is -2.36. The Hall–Kier alpha value is -2.60. The summed E-state index contributed by atoms with van der Waals surface area (Å²) in [4.78, 5) is 17.9. The first-order chi connectivity index (χ1) is 10.7. The number of aliphatic hydroxyl groups is 1. The van der Waals surface area contributed by atoms with Gasteiger partial charge in [-0.2, -0.15) is 0 Å². The molecule has 6 heteroatoms. The minimum Gasteiger partial charge on any atom is -0.495 e. The molecule has 0 atom stereocenters. The minimum atomic E-state index is -0.303. The molecule has 2 amide bonds. The molecule has 6 nitrogen and oxygen atoms in total. The molecule has 22 heavy (non-hydrogen) atoms. The topological polar surface area (TPSA) is 74.7 Å². The fraction of sp³-hybridized carbons (Fsp3) is 0.250. The number of carbonyl (C=O) groups excluding carboxylic acids is 1. The van der Waals surface area contributed by atoms with E-state index in [-0.39, 0.29) is 19.2 Å². The van der Waals surface area contributed by atoms with Crippen molar-refractivity contribution in [2.45, 2.75) is 6.54 Å². The van der Waals surface area contributed by atoms with E-state index in [1.165, 1.54) is 4.90 Å². The van der Waals surface area contributed by atoms with Gasteiger partial charge in [-0.15, -0.1) is 0 Å². The third kappa shape index (κ3) is 4.20. The van der Waals surface area contributed by atoms with Gasteiger partial charge in [0.15, 0.2) is 0 Å². The Morgan fingerprint density at radius 3 is 2.82 bits per heavy atom. The van der Waals surface area contributed by atoms with Gasteiger partial charge in [0.25, 0.3) is 0 Å². The number of amides is 2. The number of aliphatic hydroxyl groups excluding tert-OH is 1. The van der Waals surface area contributed by atoms with Crippen LogP contribution in [0.2, 0.25) is 0 Å². The number of nitrogens with zero attached hydrogens (tertiary/aromatic N) is 2. The van der Waals surface area contributed by atoms with Crippen molar-refractivity contribution >= 4 is 11.7 Å². The van der Waals surface area contributed by atoms with Gasteiger partial charge in [-0.05, 0) is 23.8 Å². The molecule has 0 bridgehead atoms. The maximum atomic E-state index is 12.4. The monoisotopic (exact) mass is 301 g/mol. The quantitative estimate of drug-likeness (QED) is 0.857. The molecule has 0 saturated heterocycles. The Balaban J connectivity index is 2.09. The number of aromatic nitrogens is 1. The summed E-state index contributed by atoms with van der Waals surface area (Å²) in [5, 5.41) is 12.0. The molecule has 0 spiro atoms. The van der Waals surface area contributed by atoms with E-state index in [1.54, 1.807) is 31.6 Å². The summed E-state index contributed by atoms with van der Waals surface area (Å²) in [6.45, 7) is 0.491. The maximum Gasteiger partial charge on any atom is 0.322 e. The normalized spacial score (nSPS) is 10.1. The van der Waals surface area contributed by atoms with Crippen LogP contribution in [-0.4, -0.2) is 41.3 Å². The van der Waals surface area contributed by atoms with Gasteiger partial charge in [0.05, 0.1) is 19.4 Å². The van der Waals surface area contributed by atoms with Crippen LogP contribution in [-0.2, 0) is 6.54 Å². The zero-order chi connectivity index (χ0) is 15.8. The Morgan fingerprint density at radius 2 is 2.14 bits per heavy atom. The lowest BCUT2D eigenvalue weighted by Gasteiger charge is -2.22. The highest BCUT2D eigenvalue weighted by Crippen LogP contribution is 2.23. The Morgan fingerprint density at radius 1 is 1.32 bits per heavy atom. The highest BCUT2D eigenvalue weighted by molar-refractivity contribution is 5.90. The van der Waals surface area contributed by atoms with Crippen LogP contribution in [0, 0.1) is 0 Å². The number of ether oxygens (including phenoxy) is 1. The number of nitrogens with one attached hydrogen (secondary N) is 1. The van der Waals surface area contributed by atoms with E-state index in [4.69, 9.17) is 9.84 Å². The first-order valence-corrected chi connectivity index (χ1v) is 6.93. The van der Waals surface area contributed by atoms with E-state index in [0.29, 0.717) is 18.0 Å². The fourth-order valence-electron chi connectivity index (χ4n) is 2.03. The predicted octanol–water partition coefficient (Wildman–Crippen LogP) is 2.12. The summed E-state index contributed by atoms with van der Waals surface area (Å²) in [6, 6.07) is 10.6. The Bertz CT molecular complexity index is 605. The van der Waals surface area contributed by atoms with Crippen LogP contribution in [0.4, 0.5) is 10.5 Å². The smallest absolute Gasteiger partial charge is 0.322 e. The summed E-state index contributed by atoms with van der Waals surface area (Å²) in [6.07, 6.45) is 3.37. The van der Waals surface area contributed by atoms with E-state index in [9.17, 15) is 4.79 Å². The second kappa shape index (κ2) is 7.99. The number of benzene rings is 1. The molecule has 0 aliphatic heterocycles. The summed E-state index contributed by atoms with van der Waals surface area (Å²) in [5.74, 6) is 0.584. The van der Waals surface area contributed by atoms with Crippen molar-refractivity contribution in [1.29, 1.82) is 0 Å². The second-order valence-electron chi connectivity index (χ2n) is 4.64. The van der Waals surface area contributed by atoms with Gasteiger partial charge in [-0.3, -0.25) is 4.98 Å². The van der Waals surface area contributed by atoms with E-state index < -0.39 is 0 Å². The number of hydrogen-bond donors (Lipinski definition) is 2. The van der Waals surface area contributed by atoms with Crippen molar-refractivity contribution in [2.24, 2.45) is 0 Å². The lowest BCUT2D eigenvalue weighted by molar-refractivity contribution is 0.185. The van der Waals surface area contributed by atoms with Crippen LogP contribution in [0.15, 0.2) is 48.8 Å². The van der Waals surface area contributed by atoms with Gasteiger partial charge in [0.1, 0.15) is 5.75 Å². The molecule has 2 rings (SSSR count). The van der Waals surface area contributed by atoms with Crippen LogP contribution < -0.4 is 10.1 Å². The lowest BCUT2D eigenvalue weighted by atomic mass is 10.2. The summed E-state index contributed by atoms with van der Waals surface area (Å²) in [5.41, 5.74) is 1.48. The van der Waals surface area contributed by atoms with Crippen molar-refractivity contribution in [2.75, 3.05) is 25.6 Å². The molecular formula is C16H19N3O3.